The van der Waals surface area contributed by atoms with Gasteiger partial charge < -0.3 is 10.2 Å². The van der Waals surface area contributed by atoms with Gasteiger partial charge in [0.25, 0.3) is 0 Å². The summed E-state index contributed by atoms with van der Waals surface area (Å²) in [5.41, 5.74) is 3.47. The van der Waals surface area contributed by atoms with Gasteiger partial charge in [0.15, 0.2) is 0 Å². The first-order valence-electron chi connectivity index (χ1n) is 7.66. The van der Waals surface area contributed by atoms with E-state index in [1.807, 2.05) is 0 Å². The van der Waals surface area contributed by atoms with Crippen LogP contribution in [0.1, 0.15) is 17.5 Å². The van der Waals surface area contributed by atoms with Crippen molar-refractivity contribution in [2.75, 3.05) is 18.4 Å². The third kappa shape index (κ3) is 3.71. The molecule has 114 valence electrons. The Balaban J connectivity index is 1.49. The molecular weight excluding hydrogens is 279 g/mol. The van der Waals surface area contributed by atoms with Gasteiger partial charge in [0.05, 0.1) is 19.5 Å². The molecule has 0 radical (unpaired) electrons. The fourth-order valence-electron chi connectivity index (χ4n) is 2.90. The number of benzene rings is 2. The van der Waals surface area contributed by atoms with Gasteiger partial charge in [-0.05, 0) is 29.8 Å². The molecule has 1 atom stereocenters. The van der Waals surface area contributed by atoms with Gasteiger partial charge in [-0.15, -0.1) is 0 Å². The topological polar surface area (TPSA) is 33.5 Å². The van der Waals surface area contributed by atoms with Gasteiger partial charge in [-0.3, -0.25) is 4.79 Å². The molecule has 2 N–H and O–H groups in total. The SMILES string of the molecule is O=C(CC[NH+]1CCc2ccccc2C1)Nc1ccc(F)cc1. The lowest BCUT2D eigenvalue weighted by Crippen LogP contribution is -3.11. The number of carbonyl (C=O) groups is 1. The first kappa shape index (κ1) is 14.7. The number of fused-ring (bicyclic) bond motifs is 1. The molecule has 3 rings (SSSR count). The van der Waals surface area contributed by atoms with E-state index in [4.69, 9.17) is 0 Å². The van der Waals surface area contributed by atoms with Gasteiger partial charge in [0, 0.05) is 17.7 Å². The van der Waals surface area contributed by atoms with Crippen LogP contribution in [0.15, 0.2) is 48.5 Å². The molecule has 3 nitrogen and oxygen atoms in total. The average Bonchev–Trinajstić information content (AvgIpc) is 2.55. The molecular formula is C18H20FN2O+. The Bertz CT molecular complexity index is 654. The fourth-order valence-corrected chi connectivity index (χ4v) is 2.90. The summed E-state index contributed by atoms with van der Waals surface area (Å²) in [6, 6.07) is 14.4. The molecule has 0 saturated carbocycles. The third-order valence-electron chi connectivity index (χ3n) is 4.14. The smallest absolute Gasteiger partial charge is 0.230 e. The first-order valence-corrected chi connectivity index (χ1v) is 7.66. The average molecular weight is 299 g/mol. The Morgan fingerprint density at radius 3 is 2.59 bits per heavy atom. The van der Waals surface area contributed by atoms with Crippen LogP contribution in [0, 0.1) is 5.82 Å². The molecule has 1 unspecified atom stereocenters. The summed E-state index contributed by atoms with van der Waals surface area (Å²) >= 11 is 0. The number of hydrogen-bond acceptors (Lipinski definition) is 1. The number of carbonyl (C=O) groups excluding carboxylic acids is 1. The molecule has 1 amide bonds. The molecule has 0 aromatic heterocycles. The maximum absolute atomic E-state index is 12.8. The minimum atomic E-state index is -0.297. The Morgan fingerprint density at radius 1 is 1.09 bits per heavy atom. The van der Waals surface area contributed by atoms with E-state index in [9.17, 15) is 9.18 Å². The van der Waals surface area contributed by atoms with E-state index in [0.29, 0.717) is 12.1 Å². The van der Waals surface area contributed by atoms with Gasteiger partial charge in [0.2, 0.25) is 5.91 Å². The highest BCUT2D eigenvalue weighted by Gasteiger charge is 2.19. The molecule has 2 aromatic rings. The van der Waals surface area contributed by atoms with E-state index in [2.05, 4.69) is 29.6 Å². The standard InChI is InChI=1S/C18H19FN2O/c19-16-5-7-17(8-6-16)20-18(22)10-12-21-11-9-14-3-1-2-4-15(14)13-21/h1-8H,9-13H2,(H,20,22)/p+1. The molecule has 4 heteroatoms. The zero-order valence-corrected chi connectivity index (χ0v) is 12.4. The Kier molecular flexibility index (Phi) is 4.49. The molecule has 0 saturated heterocycles. The van der Waals surface area contributed by atoms with Gasteiger partial charge in [-0.1, -0.05) is 24.3 Å². The van der Waals surface area contributed by atoms with Gasteiger partial charge in [0.1, 0.15) is 12.4 Å². The highest BCUT2D eigenvalue weighted by Crippen LogP contribution is 2.11. The monoisotopic (exact) mass is 299 g/mol. The molecule has 1 heterocycles. The van der Waals surface area contributed by atoms with Crippen LogP contribution in [0.4, 0.5) is 10.1 Å². The Labute approximate surface area is 129 Å². The molecule has 2 aromatic carbocycles. The highest BCUT2D eigenvalue weighted by atomic mass is 19.1. The summed E-state index contributed by atoms with van der Waals surface area (Å²) in [5.74, 6) is -0.313. The van der Waals surface area contributed by atoms with Crippen LogP contribution < -0.4 is 10.2 Å². The minimum Gasteiger partial charge on any atom is -0.330 e. The molecule has 0 aliphatic carbocycles. The number of anilines is 1. The van der Waals surface area contributed by atoms with Crippen molar-refractivity contribution in [1.29, 1.82) is 0 Å². The van der Waals surface area contributed by atoms with E-state index in [1.54, 1.807) is 12.1 Å². The quantitative estimate of drug-likeness (QED) is 0.887. The van der Waals surface area contributed by atoms with Crippen LogP contribution in [0.2, 0.25) is 0 Å². The third-order valence-corrected chi connectivity index (χ3v) is 4.14. The number of quaternary nitrogens is 1. The Morgan fingerprint density at radius 2 is 1.82 bits per heavy atom. The van der Waals surface area contributed by atoms with Crippen LogP contribution in [-0.4, -0.2) is 19.0 Å². The van der Waals surface area contributed by atoms with Crippen LogP contribution in [0.3, 0.4) is 0 Å². The van der Waals surface area contributed by atoms with Crippen LogP contribution >= 0.6 is 0 Å². The van der Waals surface area contributed by atoms with E-state index < -0.39 is 0 Å². The summed E-state index contributed by atoms with van der Waals surface area (Å²) < 4.78 is 12.8. The largest absolute Gasteiger partial charge is 0.330 e. The van der Waals surface area contributed by atoms with Crippen molar-refractivity contribution in [3.8, 4) is 0 Å². The summed E-state index contributed by atoms with van der Waals surface area (Å²) in [6.07, 6.45) is 1.56. The van der Waals surface area contributed by atoms with Crippen molar-refractivity contribution in [1.82, 2.24) is 0 Å². The van der Waals surface area contributed by atoms with Gasteiger partial charge in [-0.25, -0.2) is 4.39 Å². The second-order valence-corrected chi connectivity index (χ2v) is 5.75. The zero-order valence-electron chi connectivity index (χ0n) is 12.4. The lowest BCUT2D eigenvalue weighted by atomic mass is 10.00. The van der Waals surface area contributed by atoms with Crippen molar-refractivity contribution in [2.45, 2.75) is 19.4 Å². The Hall–Kier alpha value is -2.20. The summed E-state index contributed by atoms with van der Waals surface area (Å²) in [5, 5.41) is 2.81. The molecule has 0 bridgehead atoms. The highest BCUT2D eigenvalue weighted by molar-refractivity contribution is 5.90. The predicted molar refractivity (Wildman–Crippen MR) is 84.2 cm³/mol. The summed E-state index contributed by atoms with van der Waals surface area (Å²) in [7, 11) is 0. The van der Waals surface area contributed by atoms with Crippen LogP contribution in [0.5, 0.6) is 0 Å². The van der Waals surface area contributed by atoms with Crippen molar-refractivity contribution < 1.29 is 14.1 Å². The number of hydrogen-bond donors (Lipinski definition) is 2. The first-order chi connectivity index (χ1) is 10.7. The fraction of sp³-hybridized carbons (Fsp3) is 0.278. The molecule has 22 heavy (non-hydrogen) atoms. The number of rotatable bonds is 4. The number of halogens is 1. The lowest BCUT2D eigenvalue weighted by Gasteiger charge is -2.25. The van der Waals surface area contributed by atoms with Crippen molar-refractivity contribution >= 4 is 11.6 Å². The second-order valence-electron chi connectivity index (χ2n) is 5.75. The van der Waals surface area contributed by atoms with Crippen molar-refractivity contribution in [3.05, 3.63) is 65.5 Å². The number of nitrogens with one attached hydrogen (secondary N) is 2. The van der Waals surface area contributed by atoms with E-state index in [0.717, 1.165) is 26.1 Å². The molecule has 1 aliphatic heterocycles. The van der Waals surface area contributed by atoms with E-state index in [1.165, 1.54) is 28.2 Å². The van der Waals surface area contributed by atoms with Crippen molar-refractivity contribution in [3.63, 3.8) is 0 Å². The second kappa shape index (κ2) is 6.71. The molecule has 0 fully saturated rings. The van der Waals surface area contributed by atoms with Gasteiger partial charge >= 0.3 is 0 Å². The van der Waals surface area contributed by atoms with Crippen LogP contribution in [0.25, 0.3) is 0 Å². The molecule has 1 aliphatic rings. The normalized spacial score (nSPS) is 16.9. The number of amides is 1. The lowest BCUT2D eigenvalue weighted by molar-refractivity contribution is -0.915. The summed E-state index contributed by atoms with van der Waals surface area (Å²) in [6.45, 7) is 2.88. The van der Waals surface area contributed by atoms with Crippen LogP contribution in [-0.2, 0) is 17.8 Å². The van der Waals surface area contributed by atoms with Crippen molar-refractivity contribution in [2.24, 2.45) is 0 Å². The maximum atomic E-state index is 12.8. The minimum absolute atomic E-state index is 0.0158. The summed E-state index contributed by atoms with van der Waals surface area (Å²) in [4.78, 5) is 13.4. The predicted octanol–water partition coefficient (Wildman–Crippen LogP) is 1.80. The maximum Gasteiger partial charge on any atom is 0.230 e. The zero-order chi connectivity index (χ0) is 15.4. The van der Waals surface area contributed by atoms with E-state index in [-0.39, 0.29) is 11.7 Å². The molecule has 0 spiro atoms. The van der Waals surface area contributed by atoms with Gasteiger partial charge in [-0.2, -0.15) is 0 Å². The van der Waals surface area contributed by atoms with E-state index >= 15 is 0 Å².